The summed E-state index contributed by atoms with van der Waals surface area (Å²) in [5.41, 5.74) is 3.63. The van der Waals surface area contributed by atoms with E-state index in [1.54, 1.807) is 30.3 Å². The summed E-state index contributed by atoms with van der Waals surface area (Å²) in [6.07, 6.45) is 4.68. The molecule has 3 nitrogen and oxygen atoms in total. The number of nitrogens with one attached hydrogen (secondary N) is 1. The fourth-order valence-electron chi connectivity index (χ4n) is 2.61. The number of anilines is 1. The van der Waals surface area contributed by atoms with Gasteiger partial charge in [-0.1, -0.05) is 76.1 Å². The van der Waals surface area contributed by atoms with E-state index in [0.29, 0.717) is 12.1 Å². The zero-order valence-electron chi connectivity index (χ0n) is 14.9. The molecule has 0 atom stereocenters. The van der Waals surface area contributed by atoms with Crippen molar-refractivity contribution in [3.8, 4) is 0 Å². The standard InChI is InChI=1S/C22H20BrNO2S/c1-17-9-15-21(16-10-17)27(25,26)24-22-8-3-2-6-19(22)7-4-5-18-11-13-20(23)14-12-18/h2-6,8-16,24H,7H2,1H3/b5-4+. The summed E-state index contributed by atoms with van der Waals surface area (Å²) in [7, 11) is -3.61. The zero-order chi connectivity index (χ0) is 19.3. The normalized spacial score (nSPS) is 11.6. The van der Waals surface area contributed by atoms with Gasteiger partial charge in [0.15, 0.2) is 0 Å². The number of halogens is 1. The van der Waals surface area contributed by atoms with Crippen LogP contribution < -0.4 is 4.72 Å². The highest BCUT2D eigenvalue weighted by molar-refractivity contribution is 9.10. The van der Waals surface area contributed by atoms with E-state index in [-0.39, 0.29) is 4.90 Å². The van der Waals surface area contributed by atoms with E-state index in [2.05, 4.69) is 20.7 Å². The first-order valence-corrected chi connectivity index (χ1v) is 10.8. The van der Waals surface area contributed by atoms with Crippen molar-refractivity contribution in [1.82, 2.24) is 0 Å². The number of rotatable bonds is 6. The fraction of sp³-hybridized carbons (Fsp3) is 0.0909. The molecule has 0 radical (unpaired) electrons. The molecule has 3 aromatic rings. The molecule has 1 N–H and O–H groups in total. The van der Waals surface area contributed by atoms with Crippen molar-refractivity contribution in [2.75, 3.05) is 4.72 Å². The lowest BCUT2D eigenvalue weighted by atomic mass is 10.1. The molecule has 3 rings (SSSR count). The van der Waals surface area contributed by atoms with Crippen LogP contribution in [0.1, 0.15) is 16.7 Å². The monoisotopic (exact) mass is 441 g/mol. The van der Waals surface area contributed by atoms with Crippen molar-refractivity contribution >= 4 is 37.7 Å². The van der Waals surface area contributed by atoms with E-state index in [4.69, 9.17) is 0 Å². The molecule has 0 spiro atoms. The van der Waals surface area contributed by atoms with Crippen molar-refractivity contribution in [3.63, 3.8) is 0 Å². The van der Waals surface area contributed by atoms with Gasteiger partial charge in [-0.25, -0.2) is 8.42 Å². The fourth-order valence-corrected chi connectivity index (χ4v) is 3.98. The molecule has 0 fully saturated rings. The Hall–Kier alpha value is -2.37. The SMILES string of the molecule is Cc1ccc(S(=O)(=O)Nc2ccccc2C/C=C/c2ccc(Br)cc2)cc1. The zero-order valence-corrected chi connectivity index (χ0v) is 17.3. The van der Waals surface area contributed by atoms with Gasteiger partial charge in [-0.3, -0.25) is 4.72 Å². The van der Waals surface area contributed by atoms with Gasteiger partial charge in [0.2, 0.25) is 0 Å². The molecule has 0 saturated carbocycles. The lowest BCUT2D eigenvalue weighted by Gasteiger charge is -2.12. The van der Waals surface area contributed by atoms with E-state index >= 15 is 0 Å². The van der Waals surface area contributed by atoms with Crippen LogP contribution in [0, 0.1) is 6.92 Å². The van der Waals surface area contributed by atoms with Crippen LogP contribution in [0.3, 0.4) is 0 Å². The first-order valence-electron chi connectivity index (χ1n) is 8.53. The van der Waals surface area contributed by atoms with Crippen molar-refractivity contribution < 1.29 is 8.42 Å². The Balaban J connectivity index is 1.77. The van der Waals surface area contributed by atoms with Gasteiger partial charge >= 0.3 is 0 Å². The minimum Gasteiger partial charge on any atom is -0.279 e. The largest absolute Gasteiger partial charge is 0.279 e. The second-order valence-corrected chi connectivity index (χ2v) is 8.83. The van der Waals surface area contributed by atoms with Crippen LogP contribution in [-0.4, -0.2) is 8.42 Å². The third kappa shape index (κ3) is 5.31. The smallest absolute Gasteiger partial charge is 0.261 e. The number of sulfonamides is 1. The maximum atomic E-state index is 12.7. The van der Waals surface area contributed by atoms with Gasteiger partial charge in [0.1, 0.15) is 0 Å². The highest BCUT2D eigenvalue weighted by Crippen LogP contribution is 2.21. The van der Waals surface area contributed by atoms with E-state index < -0.39 is 10.0 Å². The second kappa shape index (κ2) is 8.55. The van der Waals surface area contributed by atoms with Crippen LogP contribution in [0.2, 0.25) is 0 Å². The number of benzene rings is 3. The molecule has 0 saturated heterocycles. The highest BCUT2D eigenvalue weighted by Gasteiger charge is 2.15. The van der Waals surface area contributed by atoms with Crippen LogP contribution >= 0.6 is 15.9 Å². The number of allylic oxidation sites excluding steroid dienone is 1. The molecule has 27 heavy (non-hydrogen) atoms. The summed E-state index contributed by atoms with van der Waals surface area (Å²) in [6.45, 7) is 1.93. The third-order valence-corrected chi connectivity index (χ3v) is 6.02. The van der Waals surface area contributed by atoms with Gasteiger partial charge in [-0.2, -0.15) is 0 Å². The van der Waals surface area contributed by atoms with Crippen molar-refractivity contribution in [3.05, 3.63) is 100 Å². The Morgan fingerprint density at radius 2 is 1.59 bits per heavy atom. The van der Waals surface area contributed by atoms with Gasteiger partial charge in [-0.05, 0) is 54.8 Å². The molecule has 0 aliphatic carbocycles. The van der Waals surface area contributed by atoms with E-state index in [0.717, 1.165) is 21.2 Å². The molecular formula is C22H20BrNO2S. The first kappa shape index (κ1) is 19.4. The average Bonchev–Trinajstić information content (AvgIpc) is 2.65. The predicted octanol–water partition coefficient (Wildman–Crippen LogP) is 5.81. The third-order valence-electron chi connectivity index (χ3n) is 4.11. The Kier molecular flexibility index (Phi) is 6.14. The van der Waals surface area contributed by atoms with Gasteiger partial charge in [0, 0.05) is 4.47 Å². The summed E-state index contributed by atoms with van der Waals surface area (Å²) in [4.78, 5) is 0.258. The van der Waals surface area contributed by atoms with Gasteiger partial charge < -0.3 is 0 Å². The lowest BCUT2D eigenvalue weighted by Crippen LogP contribution is -2.14. The van der Waals surface area contributed by atoms with Crippen LogP contribution in [-0.2, 0) is 16.4 Å². The minimum atomic E-state index is -3.61. The summed E-state index contributed by atoms with van der Waals surface area (Å²) in [6, 6.07) is 22.3. The van der Waals surface area contributed by atoms with E-state index in [9.17, 15) is 8.42 Å². The Morgan fingerprint density at radius 3 is 2.30 bits per heavy atom. The van der Waals surface area contributed by atoms with Gasteiger partial charge in [0.25, 0.3) is 10.0 Å². The molecule has 0 bridgehead atoms. The molecule has 0 amide bonds. The summed E-state index contributed by atoms with van der Waals surface area (Å²) >= 11 is 3.42. The number of hydrogen-bond donors (Lipinski definition) is 1. The van der Waals surface area contributed by atoms with Crippen LogP contribution in [0.4, 0.5) is 5.69 Å². The van der Waals surface area contributed by atoms with Crippen molar-refractivity contribution in [1.29, 1.82) is 0 Å². The van der Waals surface area contributed by atoms with E-state index in [1.807, 2.05) is 61.5 Å². The van der Waals surface area contributed by atoms with Crippen LogP contribution in [0.15, 0.2) is 88.2 Å². The molecule has 0 unspecified atom stereocenters. The first-order chi connectivity index (χ1) is 12.9. The molecule has 138 valence electrons. The maximum Gasteiger partial charge on any atom is 0.261 e. The molecule has 0 aromatic heterocycles. The molecule has 0 aliphatic heterocycles. The Labute approximate surface area is 168 Å². The molecular weight excluding hydrogens is 422 g/mol. The Bertz CT molecular complexity index is 1040. The second-order valence-electron chi connectivity index (χ2n) is 6.23. The summed E-state index contributed by atoms with van der Waals surface area (Å²) in [5.74, 6) is 0. The van der Waals surface area contributed by atoms with Crippen LogP contribution in [0.5, 0.6) is 0 Å². The number of hydrogen-bond acceptors (Lipinski definition) is 2. The average molecular weight is 442 g/mol. The maximum absolute atomic E-state index is 12.7. The van der Waals surface area contributed by atoms with Gasteiger partial charge in [0.05, 0.1) is 10.6 Å². The summed E-state index contributed by atoms with van der Waals surface area (Å²) in [5, 5.41) is 0. The topological polar surface area (TPSA) is 46.2 Å². The van der Waals surface area contributed by atoms with E-state index in [1.165, 1.54) is 0 Å². The molecule has 5 heteroatoms. The minimum absolute atomic E-state index is 0.258. The van der Waals surface area contributed by atoms with Crippen molar-refractivity contribution in [2.45, 2.75) is 18.2 Å². The molecule has 0 aliphatic rings. The summed E-state index contributed by atoms with van der Waals surface area (Å²) < 4.78 is 29.1. The highest BCUT2D eigenvalue weighted by atomic mass is 79.9. The number of para-hydroxylation sites is 1. The lowest BCUT2D eigenvalue weighted by molar-refractivity contribution is 0.601. The van der Waals surface area contributed by atoms with Crippen molar-refractivity contribution in [2.24, 2.45) is 0 Å². The number of aryl methyl sites for hydroxylation is 1. The quantitative estimate of drug-likeness (QED) is 0.523. The molecule has 0 heterocycles. The predicted molar refractivity (Wildman–Crippen MR) is 115 cm³/mol. The molecule has 3 aromatic carbocycles. The van der Waals surface area contributed by atoms with Gasteiger partial charge in [-0.15, -0.1) is 0 Å². The Morgan fingerprint density at radius 1 is 0.926 bits per heavy atom. The van der Waals surface area contributed by atoms with Crippen LogP contribution in [0.25, 0.3) is 6.08 Å².